The number of imidazole rings is 1. The number of carbonyl (C=O) groups excluding carboxylic acids is 1. The van der Waals surface area contributed by atoms with E-state index in [4.69, 9.17) is 4.74 Å². The first kappa shape index (κ1) is 15.9. The van der Waals surface area contributed by atoms with Gasteiger partial charge in [0.05, 0.1) is 11.4 Å². The third kappa shape index (κ3) is 3.51. The lowest BCUT2D eigenvalue weighted by atomic mass is 10.2. The molecule has 0 saturated heterocycles. The molecule has 0 saturated carbocycles. The van der Waals surface area contributed by atoms with E-state index in [9.17, 15) is 4.79 Å². The average molecular weight is 321 g/mol. The van der Waals surface area contributed by atoms with Crippen molar-refractivity contribution in [3.05, 3.63) is 60.4 Å². The first-order valence-corrected chi connectivity index (χ1v) is 7.74. The number of hydrogen-bond donors (Lipinski definition) is 1. The summed E-state index contributed by atoms with van der Waals surface area (Å²) in [5, 5.41) is 0. The van der Waals surface area contributed by atoms with Gasteiger partial charge in [0.2, 0.25) is 0 Å². The Hall–Kier alpha value is -2.95. The normalized spacial score (nSPS) is 11.3. The Morgan fingerprint density at radius 2 is 1.75 bits per heavy atom. The number of pyridine rings is 1. The first-order valence-electron chi connectivity index (χ1n) is 7.74. The van der Waals surface area contributed by atoms with Gasteiger partial charge in [-0.3, -0.25) is 4.98 Å². The van der Waals surface area contributed by atoms with Gasteiger partial charge in [-0.05, 0) is 32.9 Å². The van der Waals surface area contributed by atoms with E-state index in [0.29, 0.717) is 17.2 Å². The van der Waals surface area contributed by atoms with Crippen molar-refractivity contribution in [3.63, 3.8) is 0 Å². The number of nitrogens with one attached hydrogen (secondary N) is 1. The number of esters is 1. The molecule has 0 bridgehead atoms. The topological polar surface area (TPSA) is 67.9 Å². The van der Waals surface area contributed by atoms with Gasteiger partial charge in [-0.25, -0.2) is 9.78 Å². The molecular weight excluding hydrogens is 302 g/mol. The van der Waals surface area contributed by atoms with Crippen molar-refractivity contribution in [1.29, 1.82) is 0 Å². The summed E-state index contributed by atoms with van der Waals surface area (Å²) in [5.74, 6) is 0.138. The highest BCUT2D eigenvalue weighted by molar-refractivity contribution is 5.95. The molecule has 5 heteroatoms. The largest absolute Gasteiger partial charge is 0.455 e. The van der Waals surface area contributed by atoms with Crippen LogP contribution in [0.4, 0.5) is 0 Å². The van der Waals surface area contributed by atoms with Gasteiger partial charge in [-0.1, -0.05) is 36.4 Å². The van der Waals surface area contributed by atoms with E-state index in [1.54, 1.807) is 6.20 Å². The van der Waals surface area contributed by atoms with Crippen LogP contribution in [-0.2, 0) is 4.74 Å². The molecular formula is C19H19N3O2. The third-order valence-corrected chi connectivity index (χ3v) is 3.26. The summed E-state index contributed by atoms with van der Waals surface area (Å²) >= 11 is 0. The van der Waals surface area contributed by atoms with Gasteiger partial charge >= 0.3 is 5.97 Å². The molecule has 5 nitrogen and oxygen atoms in total. The van der Waals surface area contributed by atoms with Crippen molar-refractivity contribution in [3.8, 4) is 22.8 Å². The highest BCUT2D eigenvalue weighted by Gasteiger charge is 2.25. The van der Waals surface area contributed by atoms with E-state index in [1.165, 1.54) is 0 Å². The van der Waals surface area contributed by atoms with Crippen LogP contribution in [0.3, 0.4) is 0 Å². The first-order chi connectivity index (χ1) is 11.4. The van der Waals surface area contributed by atoms with E-state index >= 15 is 0 Å². The van der Waals surface area contributed by atoms with Crippen molar-refractivity contribution >= 4 is 5.97 Å². The maximum atomic E-state index is 12.6. The van der Waals surface area contributed by atoms with Gasteiger partial charge in [0.25, 0.3) is 0 Å². The number of benzene rings is 1. The predicted octanol–water partition coefficient (Wildman–Crippen LogP) is 4.09. The Morgan fingerprint density at radius 1 is 1.04 bits per heavy atom. The lowest BCUT2D eigenvalue weighted by Gasteiger charge is -2.18. The Morgan fingerprint density at radius 3 is 2.38 bits per heavy atom. The van der Waals surface area contributed by atoms with Gasteiger partial charge in [0, 0.05) is 11.8 Å². The zero-order valence-corrected chi connectivity index (χ0v) is 13.9. The summed E-state index contributed by atoms with van der Waals surface area (Å²) < 4.78 is 5.49. The zero-order valence-electron chi connectivity index (χ0n) is 13.9. The highest BCUT2D eigenvalue weighted by Crippen LogP contribution is 2.26. The molecule has 0 spiro atoms. The molecule has 3 aromatic rings. The average Bonchev–Trinajstić information content (AvgIpc) is 3.00. The van der Waals surface area contributed by atoms with Crippen LogP contribution >= 0.6 is 0 Å². The lowest BCUT2D eigenvalue weighted by molar-refractivity contribution is 0.00645. The molecule has 3 rings (SSSR count). The standard InChI is InChI=1S/C19H19N3O2/c1-19(2,3)24-18(23)16-15(14-11-7-8-12-20-14)21-17(22-16)13-9-5-4-6-10-13/h4-12H,1-3H3,(H,21,22). The fraction of sp³-hybridized carbons (Fsp3) is 0.211. The molecule has 24 heavy (non-hydrogen) atoms. The highest BCUT2D eigenvalue weighted by atomic mass is 16.6. The van der Waals surface area contributed by atoms with Gasteiger partial charge < -0.3 is 9.72 Å². The van der Waals surface area contributed by atoms with Gasteiger partial charge in [-0.15, -0.1) is 0 Å². The lowest BCUT2D eigenvalue weighted by Crippen LogP contribution is -2.24. The minimum Gasteiger partial charge on any atom is -0.455 e. The maximum Gasteiger partial charge on any atom is 0.359 e. The van der Waals surface area contributed by atoms with Gasteiger partial charge in [0.15, 0.2) is 5.69 Å². The van der Waals surface area contributed by atoms with Crippen molar-refractivity contribution in [2.45, 2.75) is 26.4 Å². The Kier molecular flexibility index (Phi) is 4.16. The molecule has 2 heterocycles. The Balaban J connectivity index is 2.09. The van der Waals surface area contributed by atoms with Gasteiger partial charge in [-0.2, -0.15) is 0 Å². The number of H-pyrrole nitrogens is 1. The monoisotopic (exact) mass is 321 g/mol. The maximum absolute atomic E-state index is 12.6. The summed E-state index contributed by atoms with van der Waals surface area (Å²) in [6, 6.07) is 15.2. The third-order valence-electron chi connectivity index (χ3n) is 3.26. The van der Waals surface area contributed by atoms with Crippen LogP contribution in [0, 0.1) is 0 Å². The molecule has 0 radical (unpaired) electrons. The Bertz CT molecular complexity index is 834. The second-order valence-electron chi connectivity index (χ2n) is 6.39. The van der Waals surface area contributed by atoms with Crippen LogP contribution in [0.2, 0.25) is 0 Å². The van der Waals surface area contributed by atoms with Crippen LogP contribution in [0.25, 0.3) is 22.8 Å². The summed E-state index contributed by atoms with van der Waals surface area (Å²) in [5.41, 5.74) is 1.74. The minimum atomic E-state index is -0.593. The van der Waals surface area contributed by atoms with E-state index in [2.05, 4.69) is 15.0 Å². The summed E-state index contributed by atoms with van der Waals surface area (Å²) in [6.07, 6.45) is 1.68. The number of aromatic nitrogens is 3. The SMILES string of the molecule is CC(C)(C)OC(=O)c1nc(-c2ccccc2)[nH]c1-c1ccccn1. The van der Waals surface area contributed by atoms with Crippen molar-refractivity contribution in [1.82, 2.24) is 15.0 Å². The molecule has 1 N–H and O–H groups in total. The van der Waals surface area contributed by atoms with Crippen LogP contribution < -0.4 is 0 Å². The molecule has 0 amide bonds. The molecule has 1 aromatic carbocycles. The van der Waals surface area contributed by atoms with E-state index in [-0.39, 0.29) is 5.69 Å². The van der Waals surface area contributed by atoms with Crippen molar-refractivity contribution < 1.29 is 9.53 Å². The quantitative estimate of drug-likeness (QED) is 0.738. The van der Waals surface area contributed by atoms with Crippen LogP contribution in [0.15, 0.2) is 54.7 Å². The fourth-order valence-electron chi connectivity index (χ4n) is 2.28. The molecule has 122 valence electrons. The zero-order chi connectivity index (χ0) is 17.2. The second kappa shape index (κ2) is 6.28. The van der Waals surface area contributed by atoms with E-state index < -0.39 is 11.6 Å². The number of carbonyl (C=O) groups is 1. The van der Waals surface area contributed by atoms with Crippen LogP contribution in [0.1, 0.15) is 31.3 Å². The molecule has 0 unspecified atom stereocenters. The van der Waals surface area contributed by atoms with Crippen LogP contribution in [0.5, 0.6) is 0 Å². The summed E-state index contributed by atoms with van der Waals surface area (Å²) in [7, 11) is 0. The van der Waals surface area contributed by atoms with E-state index in [0.717, 1.165) is 5.56 Å². The molecule has 2 aromatic heterocycles. The molecule has 0 aliphatic heterocycles. The predicted molar refractivity (Wildman–Crippen MR) is 92.4 cm³/mol. The second-order valence-corrected chi connectivity index (χ2v) is 6.39. The number of rotatable bonds is 3. The minimum absolute atomic E-state index is 0.238. The molecule has 0 aliphatic rings. The van der Waals surface area contributed by atoms with Crippen molar-refractivity contribution in [2.75, 3.05) is 0 Å². The number of aromatic amines is 1. The smallest absolute Gasteiger partial charge is 0.359 e. The van der Waals surface area contributed by atoms with Crippen molar-refractivity contribution in [2.24, 2.45) is 0 Å². The molecule has 0 atom stereocenters. The van der Waals surface area contributed by atoms with Crippen LogP contribution in [-0.4, -0.2) is 26.5 Å². The van der Waals surface area contributed by atoms with Gasteiger partial charge in [0.1, 0.15) is 11.4 Å². The summed E-state index contributed by atoms with van der Waals surface area (Å²) in [4.78, 5) is 24.6. The Labute approximate surface area is 140 Å². The number of nitrogens with zero attached hydrogens (tertiary/aromatic N) is 2. The number of ether oxygens (including phenoxy) is 1. The van der Waals surface area contributed by atoms with E-state index in [1.807, 2.05) is 69.3 Å². The number of hydrogen-bond acceptors (Lipinski definition) is 4. The molecule has 0 aliphatic carbocycles. The molecule has 0 fully saturated rings. The fourth-order valence-corrected chi connectivity index (χ4v) is 2.28. The summed E-state index contributed by atoms with van der Waals surface area (Å²) in [6.45, 7) is 5.49.